The van der Waals surface area contributed by atoms with Crippen molar-refractivity contribution < 1.29 is 14.5 Å². The zero-order valence-electron chi connectivity index (χ0n) is 16.6. The predicted octanol–water partition coefficient (Wildman–Crippen LogP) is 4.59. The number of nitro groups is 1. The number of benzene rings is 1. The van der Waals surface area contributed by atoms with E-state index in [9.17, 15) is 14.9 Å². The highest BCUT2D eigenvalue weighted by Gasteiger charge is 2.40. The third-order valence-corrected chi connectivity index (χ3v) is 7.50. The summed E-state index contributed by atoms with van der Waals surface area (Å²) in [7, 11) is 1.51. The first kappa shape index (κ1) is 21.9. The van der Waals surface area contributed by atoms with Gasteiger partial charge in [0.15, 0.2) is 0 Å². The lowest BCUT2D eigenvalue weighted by Crippen LogP contribution is -2.41. The average molecular weight is 413 g/mol. The van der Waals surface area contributed by atoms with E-state index in [1.807, 2.05) is 28.4 Å². The summed E-state index contributed by atoms with van der Waals surface area (Å²) < 4.78 is 5.58. The maximum Gasteiger partial charge on any atom is 0.282 e. The first-order valence-corrected chi connectivity index (χ1v) is 11.3. The Morgan fingerprint density at radius 3 is 2.52 bits per heavy atom. The fourth-order valence-corrected chi connectivity index (χ4v) is 6.36. The van der Waals surface area contributed by atoms with Gasteiger partial charge < -0.3 is 9.64 Å². The van der Waals surface area contributed by atoms with Crippen molar-refractivity contribution in [3.63, 3.8) is 0 Å². The van der Waals surface area contributed by atoms with E-state index in [2.05, 4.69) is 20.8 Å². The largest absolute Gasteiger partial charge is 0.496 e. The van der Waals surface area contributed by atoms with Crippen LogP contribution in [0.1, 0.15) is 43.1 Å². The molecule has 1 heterocycles. The highest BCUT2D eigenvalue weighted by atomic mass is 32.2. The molecule has 0 aromatic heterocycles. The molecule has 1 aliphatic rings. The Morgan fingerprint density at radius 2 is 2.00 bits per heavy atom. The number of thioether (sulfide) groups is 2. The summed E-state index contributed by atoms with van der Waals surface area (Å²) in [4.78, 5) is 26.3. The third kappa shape index (κ3) is 4.90. The van der Waals surface area contributed by atoms with Crippen molar-refractivity contribution in [2.24, 2.45) is 5.92 Å². The van der Waals surface area contributed by atoms with Gasteiger partial charge in [0.1, 0.15) is 11.3 Å². The van der Waals surface area contributed by atoms with Crippen LogP contribution in [0.4, 0.5) is 5.69 Å². The zero-order valence-corrected chi connectivity index (χ0v) is 18.2. The quantitative estimate of drug-likeness (QED) is 0.353. The average Bonchev–Trinajstić information content (AvgIpc) is 3.02. The monoisotopic (exact) mass is 412 g/mol. The molecule has 2 rings (SSSR count). The molecule has 0 spiro atoms. The van der Waals surface area contributed by atoms with Gasteiger partial charge >= 0.3 is 0 Å². The molecule has 1 aliphatic heterocycles. The summed E-state index contributed by atoms with van der Waals surface area (Å²) in [5.74, 6) is 2.55. The number of nitro benzene ring substituents is 1. The Bertz CT molecular complexity index is 693. The van der Waals surface area contributed by atoms with Crippen LogP contribution in [-0.2, 0) is 0 Å². The first-order valence-electron chi connectivity index (χ1n) is 9.21. The minimum atomic E-state index is -0.479. The van der Waals surface area contributed by atoms with E-state index >= 15 is 0 Å². The Morgan fingerprint density at radius 1 is 1.37 bits per heavy atom. The van der Waals surface area contributed by atoms with Crippen LogP contribution in [0.15, 0.2) is 12.1 Å². The lowest BCUT2D eigenvalue weighted by molar-refractivity contribution is -0.385. The molecule has 2 unspecified atom stereocenters. The zero-order chi connectivity index (χ0) is 20.1. The van der Waals surface area contributed by atoms with Gasteiger partial charge in [0.05, 0.1) is 22.7 Å². The lowest BCUT2D eigenvalue weighted by atomic mass is 10.1. The van der Waals surface area contributed by atoms with Crippen LogP contribution in [0.3, 0.4) is 0 Å². The number of nitrogens with zero attached hydrogens (tertiary/aromatic N) is 2. The van der Waals surface area contributed by atoms with Gasteiger partial charge in [-0.15, -0.1) is 23.5 Å². The summed E-state index contributed by atoms with van der Waals surface area (Å²) in [6.07, 6.45) is 0.924. The molecule has 0 bridgehead atoms. The summed E-state index contributed by atoms with van der Waals surface area (Å²) in [6, 6.07) is 3.03. The fourth-order valence-electron chi connectivity index (χ4n) is 3.55. The number of methoxy groups -OCH3 is 1. The van der Waals surface area contributed by atoms with E-state index in [4.69, 9.17) is 4.74 Å². The molecule has 2 atom stereocenters. The van der Waals surface area contributed by atoms with Crippen LogP contribution in [-0.4, -0.2) is 51.5 Å². The van der Waals surface area contributed by atoms with E-state index in [0.717, 1.165) is 17.9 Å². The fraction of sp³-hybridized carbons (Fsp3) is 0.632. The van der Waals surface area contributed by atoms with E-state index in [-0.39, 0.29) is 27.8 Å². The van der Waals surface area contributed by atoms with Crippen LogP contribution in [0.25, 0.3) is 0 Å². The molecule has 0 saturated carbocycles. The van der Waals surface area contributed by atoms with Crippen molar-refractivity contribution in [2.45, 2.75) is 44.7 Å². The molecule has 0 N–H and O–H groups in total. The van der Waals surface area contributed by atoms with E-state index < -0.39 is 4.92 Å². The number of rotatable bonds is 8. The van der Waals surface area contributed by atoms with Crippen LogP contribution in [0, 0.1) is 23.0 Å². The van der Waals surface area contributed by atoms with Crippen molar-refractivity contribution in [3.05, 3.63) is 33.4 Å². The molecular weight excluding hydrogens is 384 g/mol. The molecule has 1 amide bonds. The van der Waals surface area contributed by atoms with Gasteiger partial charge in [0.25, 0.3) is 11.6 Å². The van der Waals surface area contributed by atoms with Crippen molar-refractivity contribution in [1.29, 1.82) is 0 Å². The number of hydrogen-bond acceptors (Lipinski definition) is 6. The standard InChI is InChI=1S/C19H28N2O4S2/c1-6-26-19(27-7-2)16-8-12(3)11-20(16)18(22)14-10-17(25-5)13(4)9-15(14)21(23)24/h9-10,12,16,19H,6-8,11H2,1-5H3. The van der Waals surface area contributed by atoms with Crippen LogP contribution in [0.5, 0.6) is 5.75 Å². The second kappa shape index (κ2) is 9.68. The molecule has 1 aromatic rings. The minimum Gasteiger partial charge on any atom is -0.496 e. The normalized spacial score (nSPS) is 19.6. The van der Waals surface area contributed by atoms with Crippen molar-refractivity contribution in [3.8, 4) is 5.75 Å². The van der Waals surface area contributed by atoms with E-state index in [0.29, 0.717) is 23.8 Å². The molecule has 6 nitrogen and oxygen atoms in total. The smallest absolute Gasteiger partial charge is 0.282 e. The topological polar surface area (TPSA) is 72.7 Å². The maximum absolute atomic E-state index is 13.4. The molecule has 1 aromatic carbocycles. The van der Waals surface area contributed by atoms with Gasteiger partial charge in [0, 0.05) is 18.7 Å². The molecule has 1 saturated heterocycles. The molecule has 8 heteroatoms. The molecule has 0 aliphatic carbocycles. The van der Waals surface area contributed by atoms with Gasteiger partial charge in [0.2, 0.25) is 0 Å². The summed E-state index contributed by atoms with van der Waals surface area (Å²) in [5.41, 5.74) is 0.607. The van der Waals surface area contributed by atoms with Crippen molar-refractivity contribution >= 4 is 35.1 Å². The number of amides is 1. The third-order valence-electron chi connectivity index (χ3n) is 4.73. The SMILES string of the molecule is CCSC(SCC)C1CC(C)CN1C(=O)c1cc(OC)c(C)cc1[N+](=O)[O-]. The Kier molecular flexibility index (Phi) is 7.85. The summed E-state index contributed by atoms with van der Waals surface area (Å²) >= 11 is 3.70. The minimum absolute atomic E-state index is 0.0781. The molecule has 27 heavy (non-hydrogen) atoms. The van der Waals surface area contributed by atoms with Crippen molar-refractivity contribution in [2.75, 3.05) is 25.2 Å². The molecular formula is C19H28N2O4S2. The Hall–Kier alpha value is -1.41. The summed E-state index contributed by atoms with van der Waals surface area (Å²) in [5, 5.41) is 11.6. The first-order chi connectivity index (χ1) is 12.8. The Balaban J connectivity index is 2.43. The van der Waals surface area contributed by atoms with E-state index in [1.54, 1.807) is 6.92 Å². The lowest BCUT2D eigenvalue weighted by Gasteiger charge is -2.31. The number of carbonyl (C=O) groups excluding carboxylic acids is 1. The van der Waals surface area contributed by atoms with Gasteiger partial charge in [-0.25, -0.2) is 0 Å². The van der Waals surface area contributed by atoms with Gasteiger partial charge in [-0.3, -0.25) is 14.9 Å². The highest BCUT2D eigenvalue weighted by molar-refractivity contribution is 8.17. The highest BCUT2D eigenvalue weighted by Crippen LogP contribution is 2.39. The number of likely N-dealkylation sites (tertiary alicyclic amines) is 1. The number of aryl methyl sites for hydroxylation is 1. The van der Waals surface area contributed by atoms with Gasteiger partial charge in [-0.2, -0.15) is 0 Å². The van der Waals surface area contributed by atoms with E-state index in [1.165, 1.54) is 19.2 Å². The molecule has 0 radical (unpaired) electrons. The second-order valence-corrected chi connectivity index (χ2v) is 9.88. The number of hydrogen-bond donors (Lipinski definition) is 0. The number of ether oxygens (including phenoxy) is 1. The molecule has 1 fully saturated rings. The van der Waals surface area contributed by atoms with Gasteiger partial charge in [-0.05, 0) is 36.3 Å². The van der Waals surface area contributed by atoms with Gasteiger partial charge in [-0.1, -0.05) is 20.8 Å². The number of carbonyl (C=O) groups is 1. The van der Waals surface area contributed by atoms with Crippen LogP contribution in [0.2, 0.25) is 0 Å². The Labute approximate surface area is 169 Å². The predicted molar refractivity (Wildman–Crippen MR) is 113 cm³/mol. The van der Waals surface area contributed by atoms with Crippen LogP contribution < -0.4 is 4.74 Å². The van der Waals surface area contributed by atoms with Crippen LogP contribution >= 0.6 is 23.5 Å². The second-order valence-electron chi connectivity index (χ2n) is 6.74. The molecule has 150 valence electrons. The summed E-state index contributed by atoms with van der Waals surface area (Å²) in [6.45, 7) is 8.74. The van der Waals surface area contributed by atoms with Crippen molar-refractivity contribution in [1.82, 2.24) is 4.90 Å². The maximum atomic E-state index is 13.4.